The van der Waals surface area contributed by atoms with Gasteiger partial charge in [0.25, 0.3) is 0 Å². The topological polar surface area (TPSA) is 110 Å². The van der Waals surface area contributed by atoms with Crippen LogP contribution in [-0.4, -0.2) is 57.3 Å². The second-order valence-electron chi connectivity index (χ2n) is 17.5. The minimum atomic E-state index is -1.28. The molecule has 4 unspecified atom stereocenters. The Hall–Kier alpha value is -1.21. The molecule has 0 aromatic carbocycles. The molecule has 4 atom stereocenters. The summed E-state index contributed by atoms with van der Waals surface area (Å²) in [5.41, 5.74) is 0. The van der Waals surface area contributed by atoms with E-state index < -0.39 is 36.9 Å². The van der Waals surface area contributed by atoms with Crippen LogP contribution in [0, 0.1) is 0 Å². The molecule has 0 bridgehead atoms. The highest BCUT2D eigenvalue weighted by molar-refractivity contribution is 5.80. The van der Waals surface area contributed by atoms with Gasteiger partial charge >= 0.3 is 0 Å². The minimum absolute atomic E-state index is 0.364. The number of allylic oxidation sites excluding steroid dienone is 4. The molecule has 6 nitrogen and oxygen atoms in total. The lowest BCUT2D eigenvalue weighted by Crippen LogP contribution is -2.53. The maximum Gasteiger partial charge on any atom is 0.249 e. The van der Waals surface area contributed by atoms with E-state index in [9.17, 15) is 25.2 Å². The Morgan fingerprint density at radius 3 is 1.05 bits per heavy atom. The second-order valence-corrected chi connectivity index (χ2v) is 17.5. The smallest absolute Gasteiger partial charge is 0.249 e. The Bertz CT molecular complexity index is 863. The van der Waals surface area contributed by atoms with Gasteiger partial charge < -0.3 is 25.7 Å². The van der Waals surface area contributed by atoms with Crippen molar-refractivity contribution in [2.45, 2.75) is 289 Å². The van der Waals surface area contributed by atoms with E-state index in [2.05, 4.69) is 43.5 Å². The number of rotatable bonds is 46. The number of aliphatic hydroxyl groups is 4. The fraction of sp³-hybridized carbons (Fsp3) is 0.902. The van der Waals surface area contributed by atoms with Crippen molar-refractivity contribution >= 4 is 5.91 Å². The maximum atomic E-state index is 12.5. The van der Waals surface area contributed by atoms with Crippen molar-refractivity contribution in [2.75, 3.05) is 6.61 Å². The van der Waals surface area contributed by atoms with Crippen LogP contribution in [0.25, 0.3) is 0 Å². The molecule has 0 aromatic rings. The SMILES string of the molecule is CCCCCCCCCC/C=C/CCCC(O)C(O)C(CO)NC(=O)C(O)CCCCCCCCCCCCCC/C=C\CCCCCCCCCCCCCC. The van der Waals surface area contributed by atoms with Gasteiger partial charge in [-0.15, -0.1) is 0 Å². The van der Waals surface area contributed by atoms with Crippen LogP contribution in [0.1, 0.15) is 264 Å². The highest BCUT2D eigenvalue weighted by Crippen LogP contribution is 2.16. The van der Waals surface area contributed by atoms with Crippen LogP contribution in [0.4, 0.5) is 0 Å². The molecule has 6 heteroatoms. The summed E-state index contributed by atoms with van der Waals surface area (Å²) in [5, 5.41) is 43.7. The summed E-state index contributed by atoms with van der Waals surface area (Å²) in [6, 6.07) is -1.000. The van der Waals surface area contributed by atoms with Crippen LogP contribution in [0.5, 0.6) is 0 Å². The average molecular weight is 806 g/mol. The molecule has 0 radical (unpaired) electrons. The van der Waals surface area contributed by atoms with Crippen molar-refractivity contribution in [3.63, 3.8) is 0 Å². The quantitative estimate of drug-likeness (QED) is 0.0311. The largest absolute Gasteiger partial charge is 0.394 e. The van der Waals surface area contributed by atoms with Crippen molar-refractivity contribution in [3.05, 3.63) is 24.3 Å². The summed E-state index contributed by atoms with van der Waals surface area (Å²) in [4.78, 5) is 12.5. The van der Waals surface area contributed by atoms with Crippen LogP contribution in [0.2, 0.25) is 0 Å². The Morgan fingerprint density at radius 2 is 0.719 bits per heavy atom. The highest BCUT2D eigenvalue weighted by atomic mass is 16.3. The molecule has 57 heavy (non-hydrogen) atoms. The predicted molar refractivity (Wildman–Crippen MR) is 247 cm³/mol. The first-order valence-electron chi connectivity index (χ1n) is 25.2. The first-order chi connectivity index (χ1) is 28.0. The van der Waals surface area contributed by atoms with Crippen LogP contribution >= 0.6 is 0 Å². The fourth-order valence-corrected chi connectivity index (χ4v) is 7.87. The molecule has 0 saturated heterocycles. The monoisotopic (exact) mass is 806 g/mol. The zero-order chi connectivity index (χ0) is 41.7. The summed E-state index contributed by atoms with van der Waals surface area (Å²) < 4.78 is 0. The lowest BCUT2D eigenvalue weighted by Gasteiger charge is -2.27. The third-order valence-electron chi connectivity index (χ3n) is 11.9. The van der Waals surface area contributed by atoms with Crippen LogP contribution in [0.3, 0.4) is 0 Å². The summed E-state index contributed by atoms with van der Waals surface area (Å²) in [5.74, 6) is -0.592. The van der Waals surface area contributed by atoms with Crippen molar-refractivity contribution in [2.24, 2.45) is 0 Å². The molecular weight excluding hydrogens is 707 g/mol. The van der Waals surface area contributed by atoms with Gasteiger partial charge in [0.05, 0.1) is 18.8 Å². The zero-order valence-electron chi connectivity index (χ0n) is 38.1. The fourth-order valence-electron chi connectivity index (χ4n) is 7.87. The molecule has 1 amide bonds. The summed E-state index contributed by atoms with van der Waals surface area (Å²) in [6.45, 7) is 4.05. The molecule has 0 aliphatic rings. The molecule has 0 aliphatic heterocycles. The number of nitrogens with one attached hydrogen (secondary N) is 1. The molecule has 5 N–H and O–H groups in total. The van der Waals surface area contributed by atoms with E-state index in [4.69, 9.17) is 0 Å². The summed E-state index contributed by atoms with van der Waals surface area (Å²) in [6.07, 6.45) is 53.8. The van der Waals surface area contributed by atoms with Crippen LogP contribution in [-0.2, 0) is 4.79 Å². The summed E-state index contributed by atoms with van der Waals surface area (Å²) >= 11 is 0. The Morgan fingerprint density at radius 1 is 0.421 bits per heavy atom. The van der Waals surface area contributed by atoms with Gasteiger partial charge in [-0.3, -0.25) is 4.79 Å². The Balaban J connectivity index is 3.63. The second kappa shape index (κ2) is 45.9. The van der Waals surface area contributed by atoms with Crippen LogP contribution in [0.15, 0.2) is 24.3 Å². The summed E-state index contributed by atoms with van der Waals surface area (Å²) in [7, 11) is 0. The molecule has 0 fully saturated rings. The highest BCUT2D eigenvalue weighted by Gasteiger charge is 2.28. The van der Waals surface area contributed by atoms with E-state index in [1.807, 2.05) is 0 Å². The number of unbranched alkanes of at least 4 members (excludes halogenated alkanes) is 33. The van der Waals surface area contributed by atoms with Gasteiger partial charge in [-0.1, -0.05) is 224 Å². The van der Waals surface area contributed by atoms with Gasteiger partial charge in [-0.2, -0.15) is 0 Å². The number of hydrogen-bond donors (Lipinski definition) is 5. The van der Waals surface area contributed by atoms with Gasteiger partial charge in [0, 0.05) is 0 Å². The van der Waals surface area contributed by atoms with Crippen molar-refractivity contribution in [1.82, 2.24) is 5.32 Å². The van der Waals surface area contributed by atoms with Crippen molar-refractivity contribution < 1.29 is 25.2 Å². The minimum Gasteiger partial charge on any atom is -0.394 e. The molecule has 338 valence electrons. The molecule has 0 spiro atoms. The molecule has 0 saturated carbocycles. The normalized spacial score (nSPS) is 14.1. The molecule has 0 heterocycles. The third kappa shape index (κ3) is 40.0. The van der Waals surface area contributed by atoms with E-state index in [0.29, 0.717) is 12.8 Å². The van der Waals surface area contributed by atoms with Crippen molar-refractivity contribution in [3.8, 4) is 0 Å². The van der Waals surface area contributed by atoms with Gasteiger partial charge in [0.2, 0.25) is 5.91 Å². The Labute approximate surface area is 354 Å². The molecule has 0 aliphatic carbocycles. The van der Waals surface area contributed by atoms with E-state index in [1.165, 1.54) is 199 Å². The zero-order valence-corrected chi connectivity index (χ0v) is 38.1. The van der Waals surface area contributed by atoms with E-state index in [-0.39, 0.29) is 0 Å². The van der Waals surface area contributed by atoms with E-state index >= 15 is 0 Å². The predicted octanol–water partition coefficient (Wildman–Crippen LogP) is 13.9. The maximum absolute atomic E-state index is 12.5. The molecule has 0 rings (SSSR count). The number of carbonyl (C=O) groups is 1. The lowest BCUT2D eigenvalue weighted by atomic mass is 10.00. The first-order valence-corrected chi connectivity index (χ1v) is 25.2. The standard InChI is InChI=1S/C51H99NO5/c1-3-5-7-9-11-13-15-17-18-19-20-21-22-23-24-25-26-27-28-29-30-31-33-35-37-39-41-43-45-49(55)51(57)52-47(46-53)50(56)48(54)44-42-40-38-36-34-32-16-14-12-10-8-6-4-2/h23-24,36,38,47-50,53-56H,3-22,25-35,37,39-46H2,1-2H3,(H,52,57)/b24-23-,38-36+. The van der Waals surface area contributed by atoms with E-state index in [0.717, 1.165) is 38.5 Å². The van der Waals surface area contributed by atoms with Crippen molar-refractivity contribution in [1.29, 1.82) is 0 Å². The van der Waals surface area contributed by atoms with Gasteiger partial charge in [0.1, 0.15) is 12.2 Å². The number of carbonyl (C=O) groups excluding carboxylic acids is 1. The Kier molecular flexibility index (Phi) is 44.9. The number of hydrogen-bond acceptors (Lipinski definition) is 5. The first kappa shape index (κ1) is 55.8. The number of amides is 1. The molecular formula is C51H99NO5. The average Bonchev–Trinajstić information content (AvgIpc) is 3.22. The lowest BCUT2D eigenvalue weighted by molar-refractivity contribution is -0.132. The number of aliphatic hydroxyl groups excluding tert-OH is 4. The van der Waals surface area contributed by atoms with Gasteiger partial charge in [0.15, 0.2) is 0 Å². The van der Waals surface area contributed by atoms with E-state index in [1.54, 1.807) is 0 Å². The van der Waals surface area contributed by atoms with Crippen LogP contribution < -0.4 is 5.32 Å². The van der Waals surface area contributed by atoms with Gasteiger partial charge in [-0.25, -0.2) is 0 Å². The van der Waals surface area contributed by atoms with Gasteiger partial charge in [-0.05, 0) is 64.2 Å². The third-order valence-corrected chi connectivity index (χ3v) is 11.9. The molecule has 0 aromatic heterocycles.